The second kappa shape index (κ2) is 6.15. The second-order valence-electron chi connectivity index (χ2n) is 4.10. The second-order valence-corrected chi connectivity index (χ2v) is 4.10. The van der Waals surface area contributed by atoms with Gasteiger partial charge in [0.05, 0.1) is 18.4 Å². The van der Waals surface area contributed by atoms with Crippen LogP contribution < -0.4 is 11.1 Å². The fourth-order valence-corrected chi connectivity index (χ4v) is 1.34. The van der Waals surface area contributed by atoms with E-state index in [-0.39, 0.29) is 5.91 Å². The van der Waals surface area contributed by atoms with Gasteiger partial charge >= 0.3 is 0 Å². The lowest BCUT2D eigenvalue weighted by atomic mass is 10.1. The van der Waals surface area contributed by atoms with Crippen LogP contribution in [0.3, 0.4) is 0 Å². The quantitative estimate of drug-likeness (QED) is 0.757. The zero-order valence-corrected chi connectivity index (χ0v) is 9.94. The molecule has 1 atom stereocenters. The van der Waals surface area contributed by atoms with Crippen molar-refractivity contribution in [2.45, 2.75) is 33.2 Å². The van der Waals surface area contributed by atoms with E-state index in [1.54, 1.807) is 17.1 Å². The van der Waals surface area contributed by atoms with Crippen molar-refractivity contribution in [2.75, 3.05) is 12.3 Å². The molecule has 1 aromatic heterocycles. The van der Waals surface area contributed by atoms with Crippen molar-refractivity contribution in [3.05, 3.63) is 12.4 Å². The molecule has 1 amide bonds. The van der Waals surface area contributed by atoms with Gasteiger partial charge in [-0.25, -0.2) is 0 Å². The normalized spacial score (nSPS) is 12.4. The number of nitrogens with two attached hydrogens (primary N) is 1. The highest BCUT2D eigenvalue weighted by Crippen LogP contribution is 2.05. The lowest BCUT2D eigenvalue weighted by molar-refractivity contribution is -0.121. The molecule has 0 aliphatic carbocycles. The Labute approximate surface area is 96.0 Å². The van der Waals surface area contributed by atoms with Crippen LogP contribution in [0.15, 0.2) is 12.4 Å². The van der Waals surface area contributed by atoms with Gasteiger partial charge in [-0.05, 0) is 5.92 Å². The van der Waals surface area contributed by atoms with Crippen molar-refractivity contribution in [1.29, 1.82) is 0 Å². The molecule has 0 bridgehead atoms. The highest BCUT2D eigenvalue weighted by molar-refractivity contribution is 5.76. The van der Waals surface area contributed by atoms with Crippen LogP contribution in [0.1, 0.15) is 26.7 Å². The summed E-state index contributed by atoms with van der Waals surface area (Å²) in [5.41, 5.74) is 6.17. The number of rotatable bonds is 6. The smallest absolute Gasteiger partial charge is 0.220 e. The molecule has 16 heavy (non-hydrogen) atoms. The number of hydrogen-bond donors (Lipinski definition) is 2. The maximum absolute atomic E-state index is 11.4. The minimum atomic E-state index is 0.106. The van der Waals surface area contributed by atoms with E-state index < -0.39 is 0 Å². The molecule has 1 unspecified atom stereocenters. The van der Waals surface area contributed by atoms with Gasteiger partial charge in [0, 0.05) is 19.2 Å². The van der Waals surface area contributed by atoms with Gasteiger partial charge in [-0.1, -0.05) is 20.3 Å². The largest absolute Gasteiger partial charge is 0.396 e. The van der Waals surface area contributed by atoms with Gasteiger partial charge in [0.15, 0.2) is 0 Å². The highest BCUT2D eigenvalue weighted by Gasteiger charge is 2.06. The third-order valence-corrected chi connectivity index (χ3v) is 2.55. The molecular formula is C11H20N4O. The Kier molecular flexibility index (Phi) is 4.82. The molecule has 0 spiro atoms. The maximum Gasteiger partial charge on any atom is 0.220 e. The Balaban J connectivity index is 2.18. The molecule has 0 fully saturated rings. The molecule has 5 heteroatoms. The third-order valence-electron chi connectivity index (χ3n) is 2.55. The van der Waals surface area contributed by atoms with E-state index in [9.17, 15) is 4.79 Å². The summed E-state index contributed by atoms with van der Waals surface area (Å²) < 4.78 is 1.72. The Morgan fingerprint density at radius 2 is 2.44 bits per heavy atom. The maximum atomic E-state index is 11.4. The van der Waals surface area contributed by atoms with E-state index in [1.807, 2.05) is 0 Å². The Morgan fingerprint density at radius 3 is 3.00 bits per heavy atom. The average Bonchev–Trinajstić information content (AvgIpc) is 2.64. The van der Waals surface area contributed by atoms with Gasteiger partial charge < -0.3 is 11.1 Å². The number of nitrogens with one attached hydrogen (secondary N) is 1. The number of hydrogen-bond acceptors (Lipinski definition) is 3. The van der Waals surface area contributed by atoms with E-state index in [1.165, 1.54) is 0 Å². The molecule has 90 valence electrons. The highest BCUT2D eigenvalue weighted by atomic mass is 16.1. The van der Waals surface area contributed by atoms with Crippen molar-refractivity contribution in [1.82, 2.24) is 15.1 Å². The number of nitrogens with zero attached hydrogens (tertiary/aromatic N) is 2. The van der Waals surface area contributed by atoms with Crippen LogP contribution in [-0.4, -0.2) is 22.2 Å². The number of aromatic nitrogens is 2. The van der Waals surface area contributed by atoms with Gasteiger partial charge in [0.2, 0.25) is 5.91 Å². The molecule has 1 aromatic rings. The average molecular weight is 224 g/mol. The SMILES string of the molecule is CCC(C)CC(=O)NCCn1cc(N)cn1. The van der Waals surface area contributed by atoms with Crippen LogP contribution >= 0.6 is 0 Å². The number of anilines is 1. The zero-order chi connectivity index (χ0) is 12.0. The van der Waals surface area contributed by atoms with Crippen molar-refractivity contribution in [2.24, 2.45) is 5.92 Å². The first kappa shape index (κ1) is 12.5. The molecule has 1 heterocycles. The minimum Gasteiger partial charge on any atom is -0.396 e. The van der Waals surface area contributed by atoms with Gasteiger partial charge in [-0.2, -0.15) is 5.10 Å². The van der Waals surface area contributed by atoms with Crippen molar-refractivity contribution in [3.63, 3.8) is 0 Å². The Morgan fingerprint density at radius 1 is 1.69 bits per heavy atom. The van der Waals surface area contributed by atoms with Crippen LogP contribution in [0.2, 0.25) is 0 Å². The first-order valence-electron chi connectivity index (χ1n) is 5.66. The number of carbonyl (C=O) groups is 1. The summed E-state index contributed by atoms with van der Waals surface area (Å²) >= 11 is 0. The number of nitrogen functional groups attached to an aromatic ring is 1. The standard InChI is InChI=1S/C11H20N4O/c1-3-9(2)6-11(16)13-4-5-15-8-10(12)7-14-15/h7-9H,3-6,12H2,1-2H3,(H,13,16). The summed E-state index contributed by atoms with van der Waals surface area (Å²) in [7, 11) is 0. The molecule has 0 aliphatic heterocycles. The van der Waals surface area contributed by atoms with Crippen LogP contribution in [-0.2, 0) is 11.3 Å². The molecular weight excluding hydrogens is 204 g/mol. The van der Waals surface area contributed by atoms with Gasteiger partial charge in [-0.15, -0.1) is 0 Å². The lowest BCUT2D eigenvalue weighted by Gasteiger charge is -2.09. The molecule has 0 aromatic carbocycles. The van der Waals surface area contributed by atoms with E-state index in [2.05, 4.69) is 24.3 Å². The third kappa shape index (κ3) is 4.33. The minimum absolute atomic E-state index is 0.106. The fraction of sp³-hybridized carbons (Fsp3) is 0.636. The Bertz CT molecular complexity index is 334. The molecule has 5 nitrogen and oxygen atoms in total. The zero-order valence-electron chi connectivity index (χ0n) is 9.94. The van der Waals surface area contributed by atoms with Gasteiger partial charge in [0.1, 0.15) is 0 Å². The van der Waals surface area contributed by atoms with E-state index in [0.29, 0.717) is 31.1 Å². The first-order valence-corrected chi connectivity index (χ1v) is 5.66. The fourth-order valence-electron chi connectivity index (χ4n) is 1.34. The van der Waals surface area contributed by atoms with E-state index in [4.69, 9.17) is 5.73 Å². The van der Waals surface area contributed by atoms with Crippen molar-refractivity contribution in [3.8, 4) is 0 Å². The predicted molar refractivity (Wildman–Crippen MR) is 63.7 cm³/mol. The molecule has 3 N–H and O–H groups in total. The summed E-state index contributed by atoms with van der Waals surface area (Å²) in [4.78, 5) is 11.4. The summed E-state index contributed by atoms with van der Waals surface area (Å²) in [6.07, 6.45) is 4.97. The topological polar surface area (TPSA) is 72.9 Å². The molecule has 0 saturated carbocycles. The van der Waals surface area contributed by atoms with Crippen LogP contribution in [0.5, 0.6) is 0 Å². The summed E-state index contributed by atoms with van der Waals surface area (Å²) in [5, 5.41) is 6.90. The predicted octanol–water partition coefficient (Wildman–Crippen LogP) is 1.02. The first-order chi connectivity index (χ1) is 7.61. The number of carbonyl (C=O) groups excluding carboxylic acids is 1. The molecule has 0 radical (unpaired) electrons. The van der Waals surface area contributed by atoms with Crippen LogP contribution in [0.25, 0.3) is 0 Å². The molecule has 0 aliphatic rings. The van der Waals surface area contributed by atoms with Gasteiger partial charge in [-0.3, -0.25) is 9.48 Å². The summed E-state index contributed by atoms with van der Waals surface area (Å²) in [5.74, 6) is 0.551. The van der Waals surface area contributed by atoms with Crippen LogP contribution in [0, 0.1) is 5.92 Å². The summed E-state index contributed by atoms with van der Waals surface area (Å²) in [6.45, 7) is 5.41. The van der Waals surface area contributed by atoms with E-state index >= 15 is 0 Å². The molecule has 1 rings (SSSR count). The monoisotopic (exact) mass is 224 g/mol. The number of amides is 1. The van der Waals surface area contributed by atoms with Crippen molar-refractivity contribution < 1.29 is 4.79 Å². The van der Waals surface area contributed by atoms with Gasteiger partial charge in [0.25, 0.3) is 0 Å². The van der Waals surface area contributed by atoms with Crippen LogP contribution in [0.4, 0.5) is 5.69 Å². The summed E-state index contributed by atoms with van der Waals surface area (Å²) in [6, 6.07) is 0. The Hall–Kier alpha value is -1.52. The lowest BCUT2D eigenvalue weighted by Crippen LogP contribution is -2.28. The van der Waals surface area contributed by atoms with Crippen molar-refractivity contribution >= 4 is 11.6 Å². The van der Waals surface area contributed by atoms with E-state index in [0.717, 1.165) is 6.42 Å². The molecule has 0 saturated heterocycles.